The summed E-state index contributed by atoms with van der Waals surface area (Å²) in [5, 5.41) is 23.6. The quantitative estimate of drug-likeness (QED) is 0.274. The number of nitrogens with one attached hydrogen (secondary N) is 2. The van der Waals surface area contributed by atoms with Crippen LogP contribution in [0.25, 0.3) is 0 Å². The summed E-state index contributed by atoms with van der Waals surface area (Å²) in [6.07, 6.45) is 0.644. The van der Waals surface area contributed by atoms with Crippen LogP contribution >= 0.6 is 0 Å². The number of amides is 3. The lowest BCUT2D eigenvalue weighted by molar-refractivity contribution is -0.149. The molecule has 1 aromatic carbocycles. The zero-order valence-corrected chi connectivity index (χ0v) is 20.0. The molecule has 6 N–H and O–H groups in total. The minimum atomic E-state index is -1.34. The molecule has 1 aromatic rings. The van der Waals surface area contributed by atoms with E-state index in [0.29, 0.717) is 12.8 Å². The second kappa shape index (κ2) is 12.8. The number of carbonyl (C=O) groups excluding carboxylic acids is 3. The highest BCUT2D eigenvalue weighted by Gasteiger charge is 2.38. The van der Waals surface area contributed by atoms with Crippen LogP contribution in [-0.4, -0.2) is 75.5 Å². The Morgan fingerprint density at radius 3 is 2.23 bits per heavy atom. The fraction of sp³-hybridized carbons (Fsp3) is 0.542. The van der Waals surface area contributed by atoms with E-state index in [-0.39, 0.29) is 25.3 Å². The van der Waals surface area contributed by atoms with Gasteiger partial charge < -0.3 is 31.5 Å². The monoisotopic (exact) mass is 490 g/mol. The molecule has 0 aliphatic carbocycles. The largest absolute Gasteiger partial charge is 0.481 e. The molecular weight excluding hydrogens is 456 g/mol. The molecule has 0 saturated carbocycles. The smallest absolute Gasteiger partial charge is 0.326 e. The first-order valence-corrected chi connectivity index (χ1v) is 11.6. The van der Waals surface area contributed by atoms with Crippen molar-refractivity contribution in [1.82, 2.24) is 15.5 Å². The molecule has 3 amide bonds. The minimum Gasteiger partial charge on any atom is -0.481 e. The molecule has 1 heterocycles. The van der Waals surface area contributed by atoms with Crippen molar-refractivity contribution in [2.75, 3.05) is 6.54 Å². The highest BCUT2D eigenvalue weighted by atomic mass is 16.4. The number of carboxylic acids is 2. The summed E-state index contributed by atoms with van der Waals surface area (Å²) in [6, 6.07) is 4.59. The standard InChI is InChI=1S/C24H34N4O7/c1-14(2)11-17(26-21(31)16(25)13-20(29)30)22(32)27-18(12-15-7-4-3-5-8-15)23(33)28-10-6-9-19(28)24(34)35/h3-5,7-8,14,16-19H,6,9-13,25H2,1-2H3,(H,26,31)(H,27,32)(H,29,30)(H,34,35). The zero-order chi connectivity index (χ0) is 26.1. The molecule has 0 bridgehead atoms. The lowest BCUT2D eigenvalue weighted by Gasteiger charge is -2.29. The molecule has 0 radical (unpaired) electrons. The molecule has 1 aliphatic heterocycles. The van der Waals surface area contributed by atoms with Crippen LogP contribution in [0.4, 0.5) is 0 Å². The fourth-order valence-corrected chi connectivity index (χ4v) is 4.07. The lowest BCUT2D eigenvalue weighted by Crippen LogP contribution is -2.58. The van der Waals surface area contributed by atoms with Crippen LogP contribution in [0.2, 0.25) is 0 Å². The van der Waals surface area contributed by atoms with Crippen molar-refractivity contribution < 1.29 is 34.2 Å². The molecule has 1 aliphatic rings. The molecule has 0 spiro atoms. The summed E-state index contributed by atoms with van der Waals surface area (Å²) < 4.78 is 0. The van der Waals surface area contributed by atoms with Crippen LogP contribution in [0, 0.1) is 5.92 Å². The Balaban J connectivity index is 2.24. The first kappa shape index (κ1) is 27.8. The van der Waals surface area contributed by atoms with Gasteiger partial charge in [0.05, 0.1) is 12.5 Å². The van der Waals surface area contributed by atoms with E-state index in [1.807, 2.05) is 19.9 Å². The Labute approximate surface area is 204 Å². The van der Waals surface area contributed by atoms with Crippen LogP contribution in [0.1, 0.15) is 45.1 Å². The number of nitrogens with two attached hydrogens (primary N) is 1. The van der Waals surface area contributed by atoms with Gasteiger partial charge in [0.25, 0.3) is 0 Å². The number of benzene rings is 1. The van der Waals surface area contributed by atoms with Gasteiger partial charge >= 0.3 is 11.9 Å². The summed E-state index contributed by atoms with van der Waals surface area (Å²) in [7, 11) is 0. The van der Waals surface area contributed by atoms with Crippen LogP contribution < -0.4 is 16.4 Å². The predicted octanol–water partition coefficient (Wildman–Crippen LogP) is 0.122. The zero-order valence-electron chi connectivity index (χ0n) is 20.0. The highest BCUT2D eigenvalue weighted by molar-refractivity contribution is 5.95. The minimum absolute atomic E-state index is 0.0139. The maximum absolute atomic E-state index is 13.4. The maximum Gasteiger partial charge on any atom is 0.326 e. The summed E-state index contributed by atoms with van der Waals surface area (Å²) in [4.78, 5) is 62.8. The first-order chi connectivity index (χ1) is 16.5. The van der Waals surface area contributed by atoms with Crippen LogP contribution in [0.5, 0.6) is 0 Å². The predicted molar refractivity (Wildman–Crippen MR) is 126 cm³/mol. The summed E-state index contributed by atoms with van der Waals surface area (Å²) in [5.41, 5.74) is 6.40. The van der Waals surface area contributed by atoms with E-state index in [0.717, 1.165) is 5.56 Å². The van der Waals surface area contributed by atoms with E-state index in [1.165, 1.54) is 4.90 Å². The molecule has 4 unspecified atom stereocenters. The Morgan fingerprint density at radius 2 is 1.66 bits per heavy atom. The number of hydrogen-bond donors (Lipinski definition) is 5. The number of aliphatic carboxylic acids is 2. The molecule has 1 fully saturated rings. The Hall–Kier alpha value is -3.47. The molecule has 2 rings (SSSR count). The molecule has 1 saturated heterocycles. The van der Waals surface area contributed by atoms with Gasteiger partial charge in [0.15, 0.2) is 0 Å². The molecule has 192 valence electrons. The Bertz CT molecular complexity index is 922. The molecule has 0 aromatic heterocycles. The number of nitrogens with zero attached hydrogens (tertiary/aromatic N) is 1. The van der Waals surface area contributed by atoms with E-state index < -0.39 is 60.2 Å². The van der Waals surface area contributed by atoms with Crippen LogP contribution in [-0.2, 0) is 30.4 Å². The Kier molecular flexibility index (Phi) is 10.2. The summed E-state index contributed by atoms with van der Waals surface area (Å²) in [5.74, 6) is -4.29. The third-order valence-electron chi connectivity index (χ3n) is 5.79. The number of rotatable bonds is 12. The molecule has 11 heteroatoms. The van der Waals surface area contributed by atoms with E-state index in [2.05, 4.69) is 10.6 Å². The Morgan fingerprint density at radius 1 is 1.03 bits per heavy atom. The number of likely N-dealkylation sites (tertiary alicyclic amines) is 1. The van der Waals surface area contributed by atoms with E-state index in [1.54, 1.807) is 24.3 Å². The van der Waals surface area contributed by atoms with Crippen molar-refractivity contribution in [3.8, 4) is 0 Å². The maximum atomic E-state index is 13.4. The van der Waals surface area contributed by atoms with Crippen molar-refractivity contribution >= 4 is 29.7 Å². The SMILES string of the molecule is CC(C)CC(NC(=O)C(N)CC(=O)O)C(=O)NC(Cc1ccccc1)C(=O)N1CCCC1C(=O)O. The molecule has 35 heavy (non-hydrogen) atoms. The van der Waals surface area contributed by atoms with Crippen molar-refractivity contribution in [3.63, 3.8) is 0 Å². The first-order valence-electron chi connectivity index (χ1n) is 11.6. The summed E-state index contributed by atoms with van der Waals surface area (Å²) in [6.45, 7) is 3.96. The third-order valence-corrected chi connectivity index (χ3v) is 5.79. The average molecular weight is 491 g/mol. The molecular formula is C24H34N4O7. The highest BCUT2D eigenvalue weighted by Crippen LogP contribution is 2.20. The van der Waals surface area contributed by atoms with Gasteiger partial charge in [-0.15, -0.1) is 0 Å². The van der Waals surface area contributed by atoms with Gasteiger partial charge in [-0.25, -0.2) is 4.79 Å². The van der Waals surface area contributed by atoms with Crippen LogP contribution in [0.3, 0.4) is 0 Å². The van der Waals surface area contributed by atoms with Gasteiger partial charge in [-0.3, -0.25) is 19.2 Å². The van der Waals surface area contributed by atoms with Gasteiger partial charge in [0.2, 0.25) is 17.7 Å². The van der Waals surface area contributed by atoms with Crippen molar-refractivity contribution in [3.05, 3.63) is 35.9 Å². The van der Waals surface area contributed by atoms with Gasteiger partial charge in [-0.1, -0.05) is 44.2 Å². The third kappa shape index (κ3) is 8.36. The number of carboxylic acid groups (broad SMARTS) is 2. The summed E-state index contributed by atoms with van der Waals surface area (Å²) >= 11 is 0. The fourth-order valence-electron chi connectivity index (χ4n) is 4.07. The van der Waals surface area contributed by atoms with Crippen molar-refractivity contribution in [2.24, 2.45) is 11.7 Å². The molecule has 11 nitrogen and oxygen atoms in total. The normalized spacial score (nSPS) is 17.9. The molecule has 4 atom stereocenters. The van der Waals surface area contributed by atoms with Gasteiger partial charge in [-0.05, 0) is 30.7 Å². The van der Waals surface area contributed by atoms with E-state index in [4.69, 9.17) is 10.8 Å². The second-order valence-electron chi connectivity index (χ2n) is 9.17. The second-order valence-corrected chi connectivity index (χ2v) is 9.17. The van der Waals surface area contributed by atoms with Crippen molar-refractivity contribution in [2.45, 2.75) is 70.1 Å². The van der Waals surface area contributed by atoms with Crippen molar-refractivity contribution in [1.29, 1.82) is 0 Å². The average Bonchev–Trinajstić information content (AvgIpc) is 3.28. The topological polar surface area (TPSA) is 179 Å². The van der Waals surface area contributed by atoms with Gasteiger partial charge in [0.1, 0.15) is 18.1 Å². The van der Waals surface area contributed by atoms with Crippen LogP contribution in [0.15, 0.2) is 30.3 Å². The number of hydrogen-bond acceptors (Lipinski definition) is 6. The number of carbonyl (C=O) groups is 5. The lowest BCUT2D eigenvalue weighted by atomic mass is 10.00. The van der Waals surface area contributed by atoms with E-state index >= 15 is 0 Å². The van der Waals surface area contributed by atoms with Gasteiger partial charge in [-0.2, -0.15) is 0 Å². The van der Waals surface area contributed by atoms with E-state index in [9.17, 15) is 29.1 Å². The van der Waals surface area contributed by atoms with Gasteiger partial charge in [0, 0.05) is 13.0 Å².